The minimum atomic E-state index is 0. The lowest BCUT2D eigenvalue weighted by Gasteiger charge is -1.99. The smallest absolute Gasteiger partial charge is 0.143 e. The average molecular weight is 278 g/mol. The van der Waals surface area contributed by atoms with Crippen molar-refractivity contribution in [3.05, 3.63) is 53.6 Å². The summed E-state index contributed by atoms with van der Waals surface area (Å²) in [6.07, 6.45) is 0. The van der Waals surface area contributed by atoms with Crippen molar-refractivity contribution < 1.29 is 5.11 Å². The summed E-state index contributed by atoms with van der Waals surface area (Å²) >= 11 is 0. The topological polar surface area (TPSA) is 71.0 Å². The molecule has 0 fully saturated rings. The number of halogens is 1. The molecule has 0 atom stereocenters. The summed E-state index contributed by atoms with van der Waals surface area (Å²) in [5.41, 5.74) is 8.79. The fraction of sp³-hybridized carbons (Fsp3) is 0.143. The summed E-state index contributed by atoms with van der Waals surface area (Å²) < 4.78 is 0. The Labute approximate surface area is 118 Å². The fourth-order valence-electron chi connectivity index (χ4n) is 1.52. The molecule has 0 heterocycles. The van der Waals surface area contributed by atoms with Crippen molar-refractivity contribution >= 4 is 23.8 Å². The van der Waals surface area contributed by atoms with Crippen molar-refractivity contribution in [3.8, 4) is 5.75 Å². The Morgan fingerprint density at radius 2 is 1.74 bits per heavy atom. The van der Waals surface area contributed by atoms with Crippen molar-refractivity contribution in [2.45, 2.75) is 13.5 Å². The zero-order valence-electron chi connectivity index (χ0n) is 10.6. The molecule has 0 saturated carbocycles. The molecule has 0 aliphatic carbocycles. The number of azo groups is 1. The summed E-state index contributed by atoms with van der Waals surface area (Å²) in [6, 6.07) is 12.7. The van der Waals surface area contributed by atoms with Gasteiger partial charge < -0.3 is 10.8 Å². The summed E-state index contributed by atoms with van der Waals surface area (Å²) in [6.45, 7) is 2.45. The van der Waals surface area contributed by atoms with Crippen molar-refractivity contribution in [1.82, 2.24) is 0 Å². The SMILES string of the molecule is Cc1ccc(O)c(N=Nc2ccc(CN)cc2)c1.Cl. The van der Waals surface area contributed by atoms with E-state index in [9.17, 15) is 5.11 Å². The lowest BCUT2D eigenvalue weighted by atomic mass is 10.2. The Kier molecular flexibility index (Phi) is 5.48. The van der Waals surface area contributed by atoms with E-state index < -0.39 is 0 Å². The van der Waals surface area contributed by atoms with E-state index in [0.717, 1.165) is 16.8 Å². The van der Waals surface area contributed by atoms with Crippen LogP contribution in [0.25, 0.3) is 0 Å². The number of nitrogens with two attached hydrogens (primary N) is 1. The minimum Gasteiger partial charge on any atom is -0.506 e. The van der Waals surface area contributed by atoms with Crippen molar-refractivity contribution in [1.29, 1.82) is 0 Å². The Morgan fingerprint density at radius 3 is 2.37 bits per heavy atom. The van der Waals surface area contributed by atoms with E-state index in [1.807, 2.05) is 37.3 Å². The van der Waals surface area contributed by atoms with E-state index in [-0.39, 0.29) is 18.2 Å². The molecule has 0 unspecified atom stereocenters. The molecule has 2 aromatic rings. The van der Waals surface area contributed by atoms with E-state index in [4.69, 9.17) is 5.73 Å². The molecule has 2 rings (SSSR count). The van der Waals surface area contributed by atoms with Crippen LogP contribution in [0.15, 0.2) is 52.7 Å². The van der Waals surface area contributed by atoms with Gasteiger partial charge in [-0.2, -0.15) is 5.11 Å². The number of phenolic OH excluding ortho intramolecular Hbond substituents is 1. The molecule has 0 aromatic heterocycles. The van der Waals surface area contributed by atoms with Crippen LogP contribution in [0.4, 0.5) is 11.4 Å². The maximum atomic E-state index is 9.62. The predicted molar refractivity (Wildman–Crippen MR) is 78.6 cm³/mol. The number of nitrogens with zero attached hydrogens (tertiary/aromatic N) is 2. The first kappa shape index (κ1) is 15.1. The second-order valence-corrected chi connectivity index (χ2v) is 4.06. The van der Waals surface area contributed by atoms with Crippen molar-refractivity contribution in [2.75, 3.05) is 0 Å². The van der Waals surface area contributed by atoms with Gasteiger partial charge in [-0.3, -0.25) is 0 Å². The van der Waals surface area contributed by atoms with Crippen molar-refractivity contribution in [2.24, 2.45) is 16.0 Å². The zero-order chi connectivity index (χ0) is 13.0. The molecule has 100 valence electrons. The highest BCUT2D eigenvalue weighted by atomic mass is 35.5. The van der Waals surface area contributed by atoms with Crippen LogP contribution in [0.2, 0.25) is 0 Å². The van der Waals surface area contributed by atoms with Crippen LogP contribution in [0.3, 0.4) is 0 Å². The van der Waals surface area contributed by atoms with E-state index in [1.54, 1.807) is 12.1 Å². The van der Waals surface area contributed by atoms with Crippen LogP contribution in [-0.2, 0) is 6.54 Å². The monoisotopic (exact) mass is 277 g/mol. The maximum absolute atomic E-state index is 9.62. The number of rotatable bonds is 3. The molecule has 0 amide bonds. The summed E-state index contributed by atoms with van der Waals surface area (Å²) in [5, 5.41) is 17.7. The van der Waals surface area contributed by atoms with Gasteiger partial charge in [0.1, 0.15) is 11.4 Å². The maximum Gasteiger partial charge on any atom is 0.143 e. The summed E-state index contributed by atoms with van der Waals surface area (Å²) in [7, 11) is 0. The summed E-state index contributed by atoms with van der Waals surface area (Å²) in [5.74, 6) is 0.128. The van der Waals surface area contributed by atoms with E-state index >= 15 is 0 Å². The van der Waals surface area contributed by atoms with Crippen LogP contribution in [0.1, 0.15) is 11.1 Å². The molecule has 0 aliphatic rings. The first-order valence-electron chi connectivity index (χ1n) is 5.69. The molecule has 0 saturated heterocycles. The van der Waals surface area contributed by atoms with Gasteiger partial charge in [0.25, 0.3) is 0 Å². The first-order chi connectivity index (χ1) is 8.69. The number of hydrogen-bond acceptors (Lipinski definition) is 4. The number of hydrogen-bond donors (Lipinski definition) is 2. The first-order valence-corrected chi connectivity index (χ1v) is 5.69. The molecule has 3 N–H and O–H groups in total. The molecular weight excluding hydrogens is 262 g/mol. The van der Waals surface area contributed by atoms with Gasteiger partial charge in [-0.05, 0) is 42.3 Å². The zero-order valence-corrected chi connectivity index (χ0v) is 11.4. The van der Waals surface area contributed by atoms with Gasteiger partial charge in [-0.1, -0.05) is 18.2 Å². The highest BCUT2D eigenvalue weighted by Gasteiger charge is 1.99. The second kappa shape index (κ2) is 6.87. The van der Waals surface area contributed by atoms with Crippen molar-refractivity contribution in [3.63, 3.8) is 0 Å². The molecular formula is C14H16ClN3O. The molecule has 2 aromatic carbocycles. The third-order valence-corrected chi connectivity index (χ3v) is 2.58. The van der Waals surface area contributed by atoms with Gasteiger partial charge in [0.05, 0.1) is 5.69 Å². The Hall–Kier alpha value is -1.91. The van der Waals surface area contributed by atoms with Gasteiger partial charge in [-0.25, -0.2) is 0 Å². The van der Waals surface area contributed by atoms with Gasteiger partial charge in [-0.15, -0.1) is 17.5 Å². The van der Waals surface area contributed by atoms with Crippen LogP contribution in [-0.4, -0.2) is 5.11 Å². The molecule has 0 aliphatic heterocycles. The third kappa shape index (κ3) is 4.05. The Morgan fingerprint density at radius 1 is 1.05 bits per heavy atom. The van der Waals surface area contributed by atoms with Gasteiger partial charge in [0.2, 0.25) is 0 Å². The quantitative estimate of drug-likeness (QED) is 0.833. The molecule has 0 radical (unpaired) electrons. The van der Waals surface area contributed by atoms with Crippen LogP contribution >= 0.6 is 12.4 Å². The normalized spacial score (nSPS) is 10.4. The number of benzene rings is 2. The Bertz CT molecular complexity index is 567. The largest absolute Gasteiger partial charge is 0.506 e. The third-order valence-electron chi connectivity index (χ3n) is 2.58. The van der Waals surface area contributed by atoms with E-state index in [0.29, 0.717) is 12.2 Å². The average Bonchev–Trinajstić information content (AvgIpc) is 2.40. The van der Waals surface area contributed by atoms with E-state index in [2.05, 4.69) is 10.2 Å². The van der Waals surface area contributed by atoms with Crippen LogP contribution < -0.4 is 5.73 Å². The highest BCUT2D eigenvalue weighted by Crippen LogP contribution is 2.28. The second-order valence-electron chi connectivity index (χ2n) is 4.06. The highest BCUT2D eigenvalue weighted by molar-refractivity contribution is 5.85. The number of aryl methyl sites for hydroxylation is 1. The van der Waals surface area contributed by atoms with Gasteiger partial charge in [0.15, 0.2) is 0 Å². The van der Waals surface area contributed by atoms with Gasteiger partial charge in [0, 0.05) is 6.54 Å². The van der Waals surface area contributed by atoms with E-state index in [1.165, 1.54) is 0 Å². The molecule has 0 bridgehead atoms. The fourth-order valence-corrected chi connectivity index (χ4v) is 1.52. The Balaban J connectivity index is 0.00000180. The summed E-state index contributed by atoms with van der Waals surface area (Å²) in [4.78, 5) is 0. The molecule has 19 heavy (non-hydrogen) atoms. The lowest BCUT2D eigenvalue weighted by molar-refractivity contribution is 0.476. The molecule has 5 heteroatoms. The minimum absolute atomic E-state index is 0. The van der Waals surface area contributed by atoms with Crippen LogP contribution in [0.5, 0.6) is 5.75 Å². The molecule has 4 nitrogen and oxygen atoms in total. The predicted octanol–water partition coefficient (Wildman–Crippen LogP) is 4.00. The van der Waals surface area contributed by atoms with Gasteiger partial charge >= 0.3 is 0 Å². The number of aromatic hydroxyl groups is 1. The lowest BCUT2D eigenvalue weighted by Crippen LogP contribution is -1.94. The number of phenols is 1. The van der Waals surface area contributed by atoms with Crippen LogP contribution in [0, 0.1) is 6.92 Å². The molecule has 0 spiro atoms. The standard InChI is InChI=1S/C14H15N3O.ClH/c1-10-2-7-14(18)13(8-10)17-16-12-5-3-11(9-15)4-6-12;/h2-8,18H,9,15H2,1H3;1H.